The summed E-state index contributed by atoms with van der Waals surface area (Å²) in [5.41, 5.74) is 7.18. The molecule has 1 aliphatic rings. The van der Waals surface area contributed by atoms with Crippen LogP contribution in [0.2, 0.25) is 0 Å². The Hall–Kier alpha value is -1.19. The van der Waals surface area contributed by atoms with Gasteiger partial charge in [0.25, 0.3) is 0 Å². The molecule has 1 fully saturated rings. The van der Waals surface area contributed by atoms with Crippen LogP contribution in [0.3, 0.4) is 0 Å². The van der Waals surface area contributed by atoms with E-state index in [0.29, 0.717) is 11.5 Å². The summed E-state index contributed by atoms with van der Waals surface area (Å²) in [6.45, 7) is 1.60. The van der Waals surface area contributed by atoms with Gasteiger partial charge in [0, 0.05) is 11.5 Å². The molecule has 0 aromatic heterocycles. The molecule has 0 amide bonds. The number of Topliss-reactive ketones (excluding diaryl/α,β-unsaturated/α-hetero) is 1. The van der Waals surface area contributed by atoms with Gasteiger partial charge in [0.05, 0.1) is 19.8 Å². The number of carbonyl (C=O) groups excluding carboxylic acids is 1. The zero-order valence-corrected chi connectivity index (χ0v) is 7.90. The summed E-state index contributed by atoms with van der Waals surface area (Å²) in [7, 11) is 0. The summed E-state index contributed by atoms with van der Waals surface area (Å²) in [5.74, 6) is 0.451. The minimum Gasteiger partial charge on any atom is -0.380 e. The zero-order chi connectivity index (χ0) is 9.97. The molecule has 1 aromatic carbocycles. The van der Waals surface area contributed by atoms with E-state index in [9.17, 15) is 4.79 Å². The maximum absolute atomic E-state index is 11.3. The van der Waals surface area contributed by atoms with Crippen molar-refractivity contribution in [2.45, 2.75) is 5.92 Å². The fourth-order valence-electron chi connectivity index (χ4n) is 1.51. The molecule has 14 heavy (non-hydrogen) atoms. The van der Waals surface area contributed by atoms with Crippen LogP contribution in [0, 0.1) is 0 Å². The summed E-state index contributed by atoms with van der Waals surface area (Å²) in [6, 6.07) is 7.65. The van der Waals surface area contributed by atoms with E-state index in [1.54, 1.807) is 6.07 Å². The molecular weight excluding hydrogens is 178 g/mol. The Morgan fingerprint density at radius 3 is 2.86 bits per heavy atom. The molecule has 1 heterocycles. The van der Waals surface area contributed by atoms with Crippen molar-refractivity contribution in [3.8, 4) is 0 Å². The van der Waals surface area contributed by atoms with Crippen LogP contribution < -0.4 is 5.73 Å². The lowest BCUT2D eigenvalue weighted by molar-refractivity contribution is 0.00839. The van der Waals surface area contributed by atoms with Crippen LogP contribution in [0.4, 0.5) is 0 Å². The molecule has 0 saturated carbocycles. The van der Waals surface area contributed by atoms with E-state index < -0.39 is 0 Å². The van der Waals surface area contributed by atoms with Gasteiger partial charge >= 0.3 is 0 Å². The van der Waals surface area contributed by atoms with Gasteiger partial charge in [0.15, 0.2) is 5.78 Å². The highest BCUT2D eigenvalue weighted by molar-refractivity contribution is 5.97. The van der Waals surface area contributed by atoms with Crippen molar-refractivity contribution < 1.29 is 9.53 Å². The highest BCUT2D eigenvalue weighted by Crippen LogP contribution is 2.24. The number of carbonyl (C=O) groups is 1. The number of rotatable bonds is 3. The van der Waals surface area contributed by atoms with Crippen LogP contribution in [-0.4, -0.2) is 25.5 Å². The third kappa shape index (κ3) is 1.69. The average Bonchev–Trinajstić information content (AvgIpc) is 2.14. The van der Waals surface area contributed by atoms with E-state index in [4.69, 9.17) is 10.5 Å². The van der Waals surface area contributed by atoms with Crippen LogP contribution in [0.15, 0.2) is 24.3 Å². The minimum atomic E-state index is -0.00732. The lowest BCUT2D eigenvalue weighted by Crippen LogP contribution is -2.25. The molecule has 3 nitrogen and oxygen atoms in total. The van der Waals surface area contributed by atoms with Gasteiger partial charge in [-0.15, -0.1) is 0 Å². The standard InChI is InChI=1S/C11H13NO2/c12-5-11(13)9-3-1-2-8(4-9)10-6-14-7-10/h1-4,10H,5-7,12H2. The zero-order valence-electron chi connectivity index (χ0n) is 7.90. The Bertz CT molecular complexity index is 345. The summed E-state index contributed by atoms with van der Waals surface area (Å²) in [6.07, 6.45) is 0. The highest BCUT2D eigenvalue weighted by atomic mass is 16.5. The predicted octanol–water partition coefficient (Wildman–Crippen LogP) is 0.942. The first-order chi connectivity index (χ1) is 6.81. The highest BCUT2D eigenvalue weighted by Gasteiger charge is 2.20. The van der Waals surface area contributed by atoms with Gasteiger partial charge in [0.1, 0.15) is 0 Å². The molecule has 2 N–H and O–H groups in total. The molecule has 0 radical (unpaired) electrons. The van der Waals surface area contributed by atoms with Crippen molar-refractivity contribution in [1.29, 1.82) is 0 Å². The normalized spacial score (nSPS) is 16.4. The van der Waals surface area contributed by atoms with Crippen molar-refractivity contribution in [3.63, 3.8) is 0 Å². The fourth-order valence-corrected chi connectivity index (χ4v) is 1.51. The summed E-state index contributed by atoms with van der Waals surface area (Å²) < 4.78 is 5.11. The Balaban J connectivity index is 2.21. The lowest BCUT2D eigenvalue weighted by Gasteiger charge is -2.26. The molecule has 1 aromatic rings. The van der Waals surface area contributed by atoms with Gasteiger partial charge in [-0.3, -0.25) is 4.79 Å². The van der Waals surface area contributed by atoms with E-state index in [1.807, 2.05) is 18.2 Å². The number of ketones is 1. The van der Waals surface area contributed by atoms with E-state index in [-0.39, 0.29) is 12.3 Å². The Morgan fingerprint density at radius 1 is 1.50 bits per heavy atom. The average molecular weight is 191 g/mol. The molecule has 0 unspecified atom stereocenters. The Kier molecular flexibility index (Phi) is 2.61. The molecule has 0 aliphatic carbocycles. The first-order valence-electron chi connectivity index (χ1n) is 4.72. The van der Waals surface area contributed by atoms with E-state index in [2.05, 4.69) is 0 Å². The van der Waals surface area contributed by atoms with Crippen molar-refractivity contribution in [3.05, 3.63) is 35.4 Å². The molecule has 0 bridgehead atoms. The summed E-state index contributed by atoms with van der Waals surface area (Å²) in [4.78, 5) is 11.3. The third-order valence-corrected chi connectivity index (χ3v) is 2.50. The van der Waals surface area contributed by atoms with Crippen LogP contribution in [0.1, 0.15) is 21.8 Å². The molecular formula is C11H13NO2. The lowest BCUT2D eigenvalue weighted by atomic mass is 9.95. The van der Waals surface area contributed by atoms with Crippen LogP contribution in [0.25, 0.3) is 0 Å². The van der Waals surface area contributed by atoms with Gasteiger partial charge in [0.2, 0.25) is 0 Å². The maximum atomic E-state index is 11.3. The predicted molar refractivity (Wildman–Crippen MR) is 53.4 cm³/mol. The maximum Gasteiger partial charge on any atom is 0.176 e. The van der Waals surface area contributed by atoms with Gasteiger partial charge in [-0.1, -0.05) is 18.2 Å². The number of nitrogens with two attached hydrogens (primary N) is 1. The van der Waals surface area contributed by atoms with E-state index in [0.717, 1.165) is 13.2 Å². The topological polar surface area (TPSA) is 52.3 Å². The smallest absolute Gasteiger partial charge is 0.176 e. The monoisotopic (exact) mass is 191 g/mol. The van der Waals surface area contributed by atoms with Crippen molar-refractivity contribution in [1.82, 2.24) is 0 Å². The number of benzene rings is 1. The second-order valence-corrected chi connectivity index (χ2v) is 3.49. The van der Waals surface area contributed by atoms with Gasteiger partial charge in [-0.25, -0.2) is 0 Å². The summed E-state index contributed by atoms with van der Waals surface area (Å²) >= 11 is 0. The van der Waals surface area contributed by atoms with E-state index >= 15 is 0 Å². The fraction of sp³-hybridized carbons (Fsp3) is 0.364. The van der Waals surface area contributed by atoms with E-state index in [1.165, 1.54) is 5.56 Å². The molecule has 0 atom stereocenters. The largest absolute Gasteiger partial charge is 0.380 e. The van der Waals surface area contributed by atoms with Crippen LogP contribution >= 0.6 is 0 Å². The number of ether oxygens (including phenoxy) is 1. The first kappa shape index (κ1) is 9.37. The Morgan fingerprint density at radius 2 is 2.29 bits per heavy atom. The number of hydrogen-bond acceptors (Lipinski definition) is 3. The molecule has 2 rings (SSSR count). The van der Waals surface area contributed by atoms with Gasteiger partial charge in [-0.2, -0.15) is 0 Å². The third-order valence-electron chi connectivity index (χ3n) is 2.50. The molecule has 74 valence electrons. The Labute approximate surface area is 82.9 Å². The second kappa shape index (κ2) is 3.90. The van der Waals surface area contributed by atoms with Crippen molar-refractivity contribution in [2.75, 3.05) is 19.8 Å². The van der Waals surface area contributed by atoms with Crippen LogP contribution in [0.5, 0.6) is 0 Å². The molecule has 1 aliphatic heterocycles. The molecule has 3 heteroatoms. The summed E-state index contributed by atoms with van der Waals surface area (Å²) in [5, 5.41) is 0. The van der Waals surface area contributed by atoms with Crippen LogP contribution in [-0.2, 0) is 4.74 Å². The van der Waals surface area contributed by atoms with Crippen molar-refractivity contribution >= 4 is 5.78 Å². The quantitative estimate of drug-likeness (QED) is 0.723. The SMILES string of the molecule is NCC(=O)c1cccc(C2COC2)c1. The number of hydrogen-bond donors (Lipinski definition) is 1. The molecule has 0 spiro atoms. The second-order valence-electron chi connectivity index (χ2n) is 3.49. The van der Waals surface area contributed by atoms with Crippen molar-refractivity contribution in [2.24, 2.45) is 5.73 Å². The van der Waals surface area contributed by atoms with Gasteiger partial charge < -0.3 is 10.5 Å². The minimum absolute atomic E-state index is 0.00732. The first-order valence-corrected chi connectivity index (χ1v) is 4.72. The molecule has 1 saturated heterocycles. The van der Waals surface area contributed by atoms with Gasteiger partial charge in [-0.05, 0) is 11.6 Å².